The van der Waals surface area contributed by atoms with Gasteiger partial charge in [0.1, 0.15) is 0 Å². The van der Waals surface area contributed by atoms with E-state index < -0.39 is 52.0 Å². The molecule has 0 heterocycles. The Hall–Kier alpha value is -0.790. The molecule has 0 aromatic carbocycles. The zero-order valence-corrected chi connectivity index (χ0v) is 23.8. The van der Waals surface area contributed by atoms with Crippen LogP contribution in [-0.2, 0) is 4.79 Å². The molecule has 0 aliphatic heterocycles. The Labute approximate surface area is 222 Å². The summed E-state index contributed by atoms with van der Waals surface area (Å²) in [6, 6.07) is 0. The predicted molar refractivity (Wildman–Crippen MR) is 141 cm³/mol. The maximum atomic E-state index is 14.4. The number of fused-ring (bicyclic) bond motifs is 7. The van der Waals surface area contributed by atoms with Gasteiger partial charge in [-0.1, -0.05) is 47.1 Å². The molecule has 6 nitrogen and oxygen atoms in total. The van der Waals surface area contributed by atoms with Crippen molar-refractivity contribution in [2.45, 2.75) is 111 Å². The largest absolute Gasteiger partial charge is 0.396 e. The second-order valence-electron chi connectivity index (χ2n) is 15.4. The fourth-order valence-electron chi connectivity index (χ4n) is 10.9. The van der Waals surface area contributed by atoms with Gasteiger partial charge in [0, 0.05) is 16.7 Å². The third kappa shape index (κ3) is 3.32. The van der Waals surface area contributed by atoms with E-state index in [1.54, 1.807) is 0 Å². The first kappa shape index (κ1) is 27.8. The minimum Gasteiger partial charge on any atom is -0.396 e. The Kier molecular flexibility index (Phi) is 6.27. The van der Waals surface area contributed by atoms with Crippen molar-refractivity contribution in [2.75, 3.05) is 13.2 Å². The normalized spacial score (nSPS) is 53.8. The van der Waals surface area contributed by atoms with Gasteiger partial charge in [0.15, 0.2) is 5.78 Å². The van der Waals surface area contributed by atoms with E-state index in [9.17, 15) is 30.3 Å². The number of carbonyl (C=O) groups is 1. The lowest BCUT2D eigenvalue weighted by Gasteiger charge is -2.71. The molecule has 0 radical (unpaired) electrons. The maximum absolute atomic E-state index is 14.4. The number of carbonyl (C=O) groups excluding carboxylic acids is 1. The monoisotopic (exact) mass is 518 g/mol. The molecular formula is C31H50O6. The van der Waals surface area contributed by atoms with Crippen LogP contribution < -0.4 is 0 Å². The number of aliphatic hydroxyl groups excluding tert-OH is 5. The molecule has 0 bridgehead atoms. The molecule has 6 heteroatoms. The fourth-order valence-corrected chi connectivity index (χ4v) is 10.9. The summed E-state index contributed by atoms with van der Waals surface area (Å²) in [5.74, 6) is -0.302. The number of hydrogen-bond acceptors (Lipinski definition) is 6. The van der Waals surface area contributed by atoms with E-state index in [0.29, 0.717) is 19.3 Å². The van der Waals surface area contributed by atoms with E-state index >= 15 is 0 Å². The van der Waals surface area contributed by atoms with Gasteiger partial charge in [-0.15, -0.1) is 0 Å². The van der Waals surface area contributed by atoms with Gasteiger partial charge in [0.25, 0.3) is 0 Å². The number of aliphatic hydroxyl groups is 5. The van der Waals surface area contributed by atoms with Crippen LogP contribution in [0.3, 0.4) is 0 Å². The van der Waals surface area contributed by atoms with Crippen molar-refractivity contribution in [1.29, 1.82) is 0 Å². The summed E-state index contributed by atoms with van der Waals surface area (Å²) in [6.45, 7) is 12.6. The SMILES string of the molecule is CC1(C)CC[C@@]2(CO)[C@H](C1)C1=CC(=O)[C@@H]3[C@@]4(C)CC[C@H](O)[C@@](C)([C@H](O)CO)[C@H]4CC[C@@]3(C)[C@]1(C)C[C@@H]2O. The first-order valence-electron chi connectivity index (χ1n) is 14.6. The van der Waals surface area contributed by atoms with Crippen molar-refractivity contribution in [3.8, 4) is 0 Å². The highest BCUT2D eigenvalue weighted by atomic mass is 16.3. The zero-order valence-electron chi connectivity index (χ0n) is 23.8. The average molecular weight is 519 g/mol. The van der Waals surface area contributed by atoms with Crippen LogP contribution in [0, 0.1) is 50.2 Å². The number of allylic oxidation sites excluding steroid dienone is 2. The van der Waals surface area contributed by atoms with Crippen LogP contribution in [0.2, 0.25) is 0 Å². The molecule has 0 aromatic heterocycles. The van der Waals surface area contributed by atoms with Gasteiger partial charge in [-0.05, 0) is 90.9 Å². The van der Waals surface area contributed by atoms with E-state index in [4.69, 9.17) is 0 Å². The summed E-state index contributed by atoms with van der Waals surface area (Å²) in [7, 11) is 0. The Bertz CT molecular complexity index is 984. The van der Waals surface area contributed by atoms with Crippen LogP contribution in [0.1, 0.15) is 92.9 Å². The van der Waals surface area contributed by atoms with Crippen LogP contribution in [0.15, 0.2) is 11.6 Å². The van der Waals surface area contributed by atoms with Crippen molar-refractivity contribution in [3.63, 3.8) is 0 Å². The first-order chi connectivity index (χ1) is 17.1. The van der Waals surface area contributed by atoms with E-state index in [1.807, 2.05) is 13.0 Å². The summed E-state index contributed by atoms with van der Waals surface area (Å²) in [4.78, 5) is 14.4. The van der Waals surface area contributed by atoms with Crippen molar-refractivity contribution >= 4 is 5.78 Å². The lowest BCUT2D eigenvalue weighted by Crippen LogP contribution is -2.70. The summed E-state index contributed by atoms with van der Waals surface area (Å²) >= 11 is 0. The van der Waals surface area contributed by atoms with Gasteiger partial charge in [0.2, 0.25) is 0 Å². The highest BCUT2D eigenvalue weighted by Gasteiger charge is 2.72. The van der Waals surface area contributed by atoms with E-state index in [0.717, 1.165) is 37.7 Å². The van der Waals surface area contributed by atoms with E-state index in [-0.39, 0.29) is 35.6 Å². The third-order valence-electron chi connectivity index (χ3n) is 13.5. The number of rotatable bonds is 3. The molecule has 0 spiro atoms. The first-order valence-corrected chi connectivity index (χ1v) is 14.6. The van der Waals surface area contributed by atoms with Crippen molar-refractivity contribution < 1.29 is 30.3 Å². The van der Waals surface area contributed by atoms with Gasteiger partial charge >= 0.3 is 0 Å². The quantitative estimate of drug-likeness (QED) is 0.389. The van der Waals surface area contributed by atoms with Crippen molar-refractivity contribution in [1.82, 2.24) is 0 Å². The lowest BCUT2D eigenvalue weighted by atomic mass is 9.32. The van der Waals surface area contributed by atoms with Gasteiger partial charge in [-0.25, -0.2) is 0 Å². The van der Waals surface area contributed by atoms with Crippen LogP contribution in [0.5, 0.6) is 0 Å². The third-order valence-corrected chi connectivity index (χ3v) is 13.5. The fraction of sp³-hybridized carbons (Fsp3) is 0.903. The van der Waals surface area contributed by atoms with Crippen LogP contribution in [0.25, 0.3) is 0 Å². The van der Waals surface area contributed by atoms with Crippen LogP contribution in [-0.4, -0.2) is 62.8 Å². The van der Waals surface area contributed by atoms with Crippen LogP contribution in [0.4, 0.5) is 0 Å². The summed E-state index contributed by atoms with van der Waals surface area (Å²) in [5, 5.41) is 54.4. The van der Waals surface area contributed by atoms with Gasteiger partial charge < -0.3 is 25.5 Å². The molecule has 0 unspecified atom stereocenters. The highest BCUT2D eigenvalue weighted by Crippen LogP contribution is 2.75. The maximum Gasteiger partial charge on any atom is 0.159 e. The molecule has 5 N–H and O–H groups in total. The Morgan fingerprint density at radius 2 is 1.59 bits per heavy atom. The second-order valence-corrected chi connectivity index (χ2v) is 15.4. The molecule has 37 heavy (non-hydrogen) atoms. The molecule has 0 saturated heterocycles. The van der Waals surface area contributed by atoms with Gasteiger partial charge in [-0.2, -0.15) is 0 Å². The highest BCUT2D eigenvalue weighted by molar-refractivity contribution is 5.95. The molecule has 4 fully saturated rings. The summed E-state index contributed by atoms with van der Waals surface area (Å²) < 4.78 is 0. The van der Waals surface area contributed by atoms with E-state index in [2.05, 4.69) is 34.6 Å². The molecule has 5 aliphatic rings. The van der Waals surface area contributed by atoms with Crippen molar-refractivity contribution in [3.05, 3.63) is 11.6 Å². The molecule has 210 valence electrons. The molecule has 11 atom stereocenters. The molecule has 5 aliphatic carbocycles. The van der Waals surface area contributed by atoms with E-state index in [1.165, 1.54) is 0 Å². The summed E-state index contributed by atoms with van der Waals surface area (Å²) in [6.07, 6.45) is 5.29. The topological polar surface area (TPSA) is 118 Å². The standard InChI is InChI=1S/C31H50O6/c1-26(2)11-12-31(17-33)19(14-26)18-13-20(34)25-27(3)9-8-22(35)30(6,24(37)16-32)21(27)7-10-28(25,4)29(18,5)15-23(31)36/h13,19,21-25,32-33,35-37H,7-12,14-17H2,1-6H3/t19-,21+,22+,23+,24-,25-,27+,28-,29-,30+,31-/m1/s1. The Morgan fingerprint density at radius 1 is 0.919 bits per heavy atom. The van der Waals surface area contributed by atoms with Crippen molar-refractivity contribution in [2.24, 2.45) is 50.2 Å². The van der Waals surface area contributed by atoms with Crippen LogP contribution >= 0.6 is 0 Å². The molecule has 5 rings (SSSR count). The molecular weight excluding hydrogens is 468 g/mol. The number of ketones is 1. The lowest BCUT2D eigenvalue weighted by molar-refractivity contribution is -0.237. The summed E-state index contributed by atoms with van der Waals surface area (Å²) in [5.41, 5.74) is -1.49. The molecule has 0 aromatic rings. The Morgan fingerprint density at radius 3 is 2.22 bits per heavy atom. The van der Waals surface area contributed by atoms with Gasteiger partial charge in [0.05, 0.1) is 31.5 Å². The molecule has 4 saturated carbocycles. The minimum absolute atomic E-state index is 0.0306. The predicted octanol–water partition coefficient (Wildman–Crippen LogP) is 3.62. The minimum atomic E-state index is -1.05. The van der Waals surface area contributed by atoms with Gasteiger partial charge in [-0.3, -0.25) is 4.79 Å². The number of hydrogen-bond donors (Lipinski definition) is 5. The second kappa shape index (κ2) is 8.36. The Balaban J connectivity index is 1.65. The smallest absolute Gasteiger partial charge is 0.159 e. The zero-order chi connectivity index (χ0) is 27.4. The molecule has 0 amide bonds. The average Bonchev–Trinajstić information content (AvgIpc) is 2.82.